The molecule has 0 heterocycles. The maximum Gasteiger partial charge on any atom is 0.0602 e. The van der Waals surface area contributed by atoms with Crippen molar-refractivity contribution in [1.29, 1.82) is 0 Å². The summed E-state index contributed by atoms with van der Waals surface area (Å²) in [5.74, 6) is 0.570. The van der Waals surface area contributed by atoms with Crippen molar-refractivity contribution in [3.8, 4) is 0 Å². The van der Waals surface area contributed by atoms with Crippen LogP contribution in [0.4, 0.5) is 0 Å². The van der Waals surface area contributed by atoms with Crippen molar-refractivity contribution in [2.45, 2.75) is 19.8 Å². The van der Waals surface area contributed by atoms with E-state index >= 15 is 0 Å². The second-order valence-corrected chi connectivity index (χ2v) is 3.40. The second kappa shape index (κ2) is 13.2. The van der Waals surface area contributed by atoms with Crippen LogP contribution in [0.25, 0.3) is 0 Å². The Balaban J connectivity index is 2.78. The van der Waals surface area contributed by atoms with E-state index in [0.29, 0.717) is 12.5 Å². The summed E-state index contributed by atoms with van der Waals surface area (Å²) in [7, 11) is 0. The van der Waals surface area contributed by atoms with Gasteiger partial charge in [0.15, 0.2) is 0 Å². The standard InChI is InChI=1S/C10H22ClNO2/c1-2-3-7-13-9-5-12-6-10-14-8-4-11/h12H,2-10H2,1H3. The van der Waals surface area contributed by atoms with E-state index in [0.717, 1.165) is 39.3 Å². The van der Waals surface area contributed by atoms with E-state index in [4.69, 9.17) is 21.1 Å². The minimum absolute atomic E-state index is 0.570. The number of nitrogens with one attached hydrogen (secondary N) is 1. The van der Waals surface area contributed by atoms with Gasteiger partial charge in [0.25, 0.3) is 0 Å². The van der Waals surface area contributed by atoms with Crippen molar-refractivity contribution in [3.05, 3.63) is 0 Å². The van der Waals surface area contributed by atoms with E-state index in [1.54, 1.807) is 0 Å². The minimum Gasteiger partial charge on any atom is -0.380 e. The van der Waals surface area contributed by atoms with Crippen LogP contribution in [0.3, 0.4) is 0 Å². The van der Waals surface area contributed by atoms with Gasteiger partial charge in [-0.15, -0.1) is 11.6 Å². The highest BCUT2D eigenvalue weighted by Crippen LogP contribution is 1.86. The van der Waals surface area contributed by atoms with Crippen LogP contribution in [-0.4, -0.2) is 45.4 Å². The van der Waals surface area contributed by atoms with Gasteiger partial charge in [-0.05, 0) is 6.42 Å². The summed E-state index contributed by atoms with van der Waals surface area (Å²) < 4.78 is 10.6. The Kier molecular flexibility index (Phi) is 13.3. The lowest BCUT2D eigenvalue weighted by molar-refractivity contribution is 0.124. The highest BCUT2D eigenvalue weighted by Gasteiger charge is 1.89. The summed E-state index contributed by atoms with van der Waals surface area (Å²) in [5, 5.41) is 3.23. The summed E-state index contributed by atoms with van der Waals surface area (Å²) in [4.78, 5) is 0. The van der Waals surface area contributed by atoms with Crippen LogP contribution in [0.5, 0.6) is 0 Å². The molecular weight excluding hydrogens is 202 g/mol. The molecule has 3 nitrogen and oxygen atoms in total. The Bertz CT molecular complexity index is 92.1. The molecule has 0 aliphatic carbocycles. The summed E-state index contributed by atoms with van der Waals surface area (Å²) in [6, 6.07) is 0. The Morgan fingerprint density at radius 1 is 1.00 bits per heavy atom. The number of hydrogen-bond acceptors (Lipinski definition) is 3. The van der Waals surface area contributed by atoms with Crippen molar-refractivity contribution in [2.24, 2.45) is 0 Å². The summed E-state index contributed by atoms with van der Waals surface area (Å²) >= 11 is 5.45. The van der Waals surface area contributed by atoms with Gasteiger partial charge in [0, 0.05) is 25.6 Å². The highest BCUT2D eigenvalue weighted by molar-refractivity contribution is 6.17. The van der Waals surface area contributed by atoms with E-state index in [-0.39, 0.29) is 0 Å². The molecule has 0 radical (unpaired) electrons. The molecule has 0 aliphatic heterocycles. The van der Waals surface area contributed by atoms with Gasteiger partial charge in [0.05, 0.1) is 19.8 Å². The predicted molar refractivity (Wildman–Crippen MR) is 60.1 cm³/mol. The lowest BCUT2D eigenvalue weighted by Gasteiger charge is -2.05. The van der Waals surface area contributed by atoms with Gasteiger partial charge in [-0.3, -0.25) is 0 Å². The van der Waals surface area contributed by atoms with Gasteiger partial charge >= 0.3 is 0 Å². The summed E-state index contributed by atoms with van der Waals surface area (Å²) in [6.07, 6.45) is 2.35. The zero-order valence-corrected chi connectivity index (χ0v) is 9.81. The highest BCUT2D eigenvalue weighted by atomic mass is 35.5. The Morgan fingerprint density at radius 3 is 2.21 bits per heavy atom. The molecule has 0 unspecified atom stereocenters. The first-order valence-corrected chi connectivity index (χ1v) is 5.87. The molecule has 14 heavy (non-hydrogen) atoms. The van der Waals surface area contributed by atoms with Crippen molar-refractivity contribution < 1.29 is 9.47 Å². The van der Waals surface area contributed by atoms with Gasteiger partial charge in [0.2, 0.25) is 0 Å². The molecule has 0 aliphatic rings. The molecule has 0 atom stereocenters. The van der Waals surface area contributed by atoms with Crippen molar-refractivity contribution in [2.75, 3.05) is 45.4 Å². The van der Waals surface area contributed by atoms with Crippen LogP contribution >= 0.6 is 11.6 Å². The Labute approximate surface area is 92.1 Å². The predicted octanol–water partition coefficient (Wildman–Crippen LogP) is 1.65. The van der Waals surface area contributed by atoms with Crippen LogP contribution in [0, 0.1) is 0 Å². The van der Waals surface area contributed by atoms with Crippen LogP contribution in [-0.2, 0) is 9.47 Å². The summed E-state index contributed by atoms with van der Waals surface area (Å²) in [6.45, 7) is 6.95. The van der Waals surface area contributed by atoms with Crippen LogP contribution < -0.4 is 5.32 Å². The normalized spacial score (nSPS) is 10.7. The average Bonchev–Trinajstić information content (AvgIpc) is 2.21. The Morgan fingerprint density at radius 2 is 1.64 bits per heavy atom. The number of halogens is 1. The molecule has 86 valence electrons. The second-order valence-electron chi connectivity index (χ2n) is 3.02. The average molecular weight is 224 g/mol. The number of rotatable bonds is 11. The number of ether oxygens (including phenoxy) is 2. The molecule has 0 spiro atoms. The maximum absolute atomic E-state index is 5.45. The molecule has 0 saturated heterocycles. The first-order chi connectivity index (χ1) is 6.91. The molecule has 0 rings (SSSR count). The third kappa shape index (κ3) is 12.2. The molecular formula is C10H22ClNO2. The van der Waals surface area contributed by atoms with E-state index in [1.807, 2.05) is 0 Å². The number of alkyl halides is 1. The monoisotopic (exact) mass is 223 g/mol. The fourth-order valence-corrected chi connectivity index (χ4v) is 1.03. The van der Waals surface area contributed by atoms with Crippen molar-refractivity contribution in [1.82, 2.24) is 5.32 Å². The lowest BCUT2D eigenvalue weighted by Crippen LogP contribution is -2.24. The maximum atomic E-state index is 5.45. The first kappa shape index (κ1) is 14.2. The van der Waals surface area contributed by atoms with E-state index in [2.05, 4.69) is 12.2 Å². The number of hydrogen-bond donors (Lipinski definition) is 1. The SMILES string of the molecule is CCCCOCCNCCOCCCl. The zero-order valence-electron chi connectivity index (χ0n) is 9.06. The fourth-order valence-electron chi connectivity index (χ4n) is 0.919. The number of unbranched alkanes of at least 4 members (excludes halogenated alkanes) is 1. The zero-order chi connectivity index (χ0) is 10.5. The molecule has 1 N–H and O–H groups in total. The summed E-state index contributed by atoms with van der Waals surface area (Å²) in [5.41, 5.74) is 0. The van der Waals surface area contributed by atoms with E-state index in [9.17, 15) is 0 Å². The van der Waals surface area contributed by atoms with Crippen LogP contribution in [0.1, 0.15) is 19.8 Å². The van der Waals surface area contributed by atoms with Crippen LogP contribution in [0.2, 0.25) is 0 Å². The Hall–Kier alpha value is 0.170. The van der Waals surface area contributed by atoms with Gasteiger partial charge in [-0.2, -0.15) is 0 Å². The van der Waals surface area contributed by atoms with Crippen molar-refractivity contribution >= 4 is 11.6 Å². The molecule has 0 amide bonds. The quantitative estimate of drug-likeness (QED) is 0.427. The van der Waals surface area contributed by atoms with E-state index < -0.39 is 0 Å². The molecule has 0 saturated carbocycles. The molecule has 0 bridgehead atoms. The third-order valence-corrected chi connectivity index (χ3v) is 1.86. The van der Waals surface area contributed by atoms with Gasteiger partial charge in [0.1, 0.15) is 0 Å². The topological polar surface area (TPSA) is 30.5 Å². The van der Waals surface area contributed by atoms with E-state index in [1.165, 1.54) is 6.42 Å². The van der Waals surface area contributed by atoms with Crippen molar-refractivity contribution in [3.63, 3.8) is 0 Å². The first-order valence-electron chi connectivity index (χ1n) is 5.34. The smallest absolute Gasteiger partial charge is 0.0602 e. The van der Waals surface area contributed by atoms with Crippen LogP contribution in [0.15, 0.2) is 0 Å². The largest absolute Gasteiger partial charge is 0.380 e. The molecule has 0 fully saturated rings. The molecule has 0 aromatic rings. The molecule has 0 aromatic carbocycles. The van der Waals surface area contributed by atoms with Gasteiger partial charge < -0.3 is 14.8 Å². The molecule has 4 heteroatoms. The van der Waals surface area contributed by atoms with Gasteiger partial charge in [-0.1, -0.05) is 13.3 Å². The minimum atomic E-state index is 0.570. The molecule has 0 aromatic heterocycles. The lowest BCUT2D eigenvalue weighted by atomic mass is 10.4. The fraction of sp³-hybridized carbons (Fsp3) is 1.00. The van der Waals surface area contributed by atoms with Gasteiger partial charge in [-0.25, -0.2) is 0 Å². The third-order valence-electron chi connectivity index (χ3n) is 1.71.